The molecule has 63 heavy (non-hydrogen) atoms. The summed E-state index contributed by atoms with van der Waals surface area (Å²) in [5, 5.41) is 0. The summed E-state index contributed by atoms with van der Waals surface area (Å²) >= 11 is 0. The molecule has 6 heteroatoms. The SMILES string of the molecule is CC/C=C\C/C=C\C/C=C\CCCCCCCC(=O)OC[C@@H](COC(=O)CCCCCCC/C=C\C/C=C\CCCCC)OC(=O)CCCCCCC/C=C\CCCCCCCC. The standard InChI is InChI=1S/C57H98O6/c1-4-7-10-13-16-19-22-25-28-31-34-37-40-43-46-49-55(58)61-52-54(63-57(60)51-48-45-42-39-36-33-30-27-24-21-18-15-12-9-6-3)53-62-56(59)50-47-44-41-38-35-32-29-26-23-20-17-14-11-8-5-2/h7,10,16-17,19-20,25-30,54H,4-6,8-9,11-15,18,21-24,31-53H2,1-3H3/b10-7-,19-16-,20-17-,28-25-,29-26-,30-27-/t54-/m0/s1. The number of carbonyl (C=O) groups is 3. The highest BCUT2D eigenvalue weighted by atomic mass is 16.6. The molecule has 0 aliphatic rings. The number of rotatable bonds is 47. The van der Waals surface area contributed by atoms with Crippen molar-refractivity contribution in [3.05, 3.63) is 72.9 Å². The van der Waals surface area contributed by atoms with Crippen molar-refractivity contribution in [2.75, 3.05) is 13.2 Å². The maximum Gasteiger partial charge on any atom is 0.306 e. The molecule has 0 fully saturated rings. The number of carbonyl (C=O) groups excluding carboxylic acids is 3. The molecule has 0 radical (unpaired) electrons. The summed E-state index contributed by atoms with van der Waals surface area (Å²) in [6.07, 6.45) is 64.5. The third kappa shape index (κ3) is 49.7. The Morgan fingerprint density at radius 3 is 1.02 bits per heavy atom. The van der Waals surface area contributed by atoms with Gasteiger partial charge < -0.3 is 14.2 Å². The molecule has 0 aromatic carbocycles. The molecular formula is C57H98O6. The highest BCUT2D eigenvalue weighted by Crippen LogP contribution is 2.14. The first-order valence-corrected chi connectivity index (χ1v) is 26.4. The number of hydrogen-bond donors (Lipinski definition) is 0. The normalized spacial score (nSPS) is 12.6. The van der Waals surface area contributed by atoms with Crippen molar-refractivity contribution in [3.8, 4) is 0 Å². The molecule has 0 spiro atoms. The second kappa shape index (κ2) is 51.5. The highest BCUT2D eigenvalue weighted by Gasteiger charge is 2.19. The fraction of sp³-hybridized carbons (Fsp3) is 0.737. The van der Waals surface area contributed by atoms with E-state index in [1.807, 2.05) is 0 Å². The van der Waals surface area contributed by atoms with E-state index in [1.165, 1.54) is 77.0 Å². The fourth-order valence-corrected chi connectivity index (χ4v) is 7.19. The molecule has 0 aromatic heterocycles. The van der Waals surface area contributed by atoms with Gasteiger partial charge in [0.2, 0.25) is 0 Å². The van der Waals surface area contributed by atoms with Gasteiger partial charge in [-0.3, -0.25) is 14.4 Å². The molecule has 0 rings (SSSR count). The van der Waals surface area contributed by atoms with Gasteiger partial charge in [-0.1, -0.05) is 196 Å². The van der Waals surface area contributed by atoms with E-state index < -0.39 is 6.10 Å². The third-order valence-electron chi connectivity index (χ3n) is 11.2. The average molecular weight is 879 g/mol. The summed E-state index contributed by atoms with van der Waals surface area (Å²) in [5.41, 5.74) is 0. The average Bonchev–Trinajstić information content (AvgIpc) is 3.28. The van der Waals surface area contributed by atoms with Crippen molar-refractivity contribution < 1.29 is 28.6 Å². The maximum absolute atomic E-state index is 12.8. The number of esters is 3. The van der Waals surface area contributed by atoms with Crippen LogP contribution in [0.5, 0.6) is 0 Å². The first-order valence-electron chi connectivity index (χ1n) is 26.4. The summed E-state index contributed by atoms with van der Waals surface area (Å²) in [7, 11) is 0. The van der Waals surface area contributed by atoms with E-state index in [-0.39, 0.29) is 31.1 Å². The van der Waals surface area contributed by atoms with E-state index in [2.05, 4.69) is 93.7 Å². The molecule has 0 amide bonds. The highest BCUT2D eigenvalue weighted by molar-refractivity contribution is 5.71. The van der Waals surface area contributed by atoms with Crippen LogP contribution in [0.3, 0.4) is 0 Å². The zero-order valence-corrected chi connectivity index (χ0v) is 41.3. The van der Waals surface area contributed by atoms with Gasteiger partial charge in [0.05, 0.1) is 0 Å². The van der Waals surface area contributed by atoms with Crippen molar-refractivity contribution in [2.24, 2.45) is 0 Å². The lowest BCUT2D eigenvalue weighted by molar-refractivity contribution is -0.167. The predicted molar refractivity (Wildman–Crippen MR) is 270 cm³/mol. The minimum absolute atomic E-state index is 0.0917. The third-order valence-corrected chi connectivity index (χ3v) is 11.2. The molecule has 1 atom stereocenters. The zero-order chi connectivity index (χ0) is 45.8. The van der Waals surface area contributed by atoms with Gasteiger partial charge in [0.25, 0.3) is 0 Å². The van der Waals surface area contributed by atoms with Crippen LogP contribution in [0.15, 0.2) is 72.9 Å². The van der Waals surface area contributed by atoms with Crippen molar-refractivity contribution in [2.45, 2.75) is 258 Å². The zero-order valence-electron chi connectivity index (χ0n) is 41.3. The molecule has 0 bridgehead atoms. The van der Waals surface area contributed by atoms with Gasteiger partial charge >= 0.3 is 17.9 Å². The smallest absolute Gasteiger partial charge is 0.306 e. The van der Waals surface area contributed by atoms with Gasteiger partial charge in [0.15, 0.2) is 6.10 Å². The molecular weight excluding hydrogens is 781 g/mol. The maximum atomic E-state index is 12.8. The van der Waals surface area contributed by atoms with Crippen LogP contribution in [0.25, 0.3) is 0 Å². The van der Waals surface area contributed by atoms with Crippen LogP contribution in [0.2, 0.25) is 0 Å². The van der Waals surface area contributed by atoms with E-state index >= 15 is 0 Å². The summed E-state index contributed by atoms with van der Waals surface area (Å²) in [6, 6.07) is 0. The van der Waals surface area contributed by atoms with Crippen LogP contribution in [0.1, 0.15) is 252 Å². The van der Waals surface area contributed by atoms with Crippen LogP contribution >= 0.6 is 0 Å². The Labute approximate surface area is 389 Å². The minimum Gasteiger partial charge on any atom is -0.462 e. The van der Waals surface area contributed by atoms with Gasteiger partial charge in [0, 0.05) is 19.3 Å². The molecule has 0 aromatic rings. The number of ether oxygens (including phenoxy) is 3. The Bertz CT molecular complexity index is 1190. The molecule has 0 unspecified atom stereocenters. The van der Waals surface area contributed by atoms with E-state index in [9.17, 15) is 14.4 Å². The molecule has 362 valence electrons. The Kier molecular flexibility index (Phi) is 48.9. The van der Waals surface area contributed by atoms with Gasteiger partial charge in [-0.05, 0) is 109 Å². The Hall–Kier alpha value is -3.15. The summed E-state index contributed by atoms with van der Waals surface area (Å²) in [5.74, 6) is -0.927. The lowest BCUT2D eigenvalue weighted by Gasteiger charge is -2.18. The first-order chi connectivity index (χ1) is 31.0. The van der Waals surface area contributed by atoms with Crippen molar-refractivity contribution in [1.82, 2.24) is 0 Å². The molecule has 0 aliphatic carbocycles. The second-order valence-electron chi connectivity index (χ2n) is 17.4. The van der Waals surface area contributed by atoms with Gasteiger partial charge in [-0.25, -0.2) is 0 Å². The minimum atomic E-state index is -0.792. The summed E-state index contributed by atoms with van der Waals surface area (Å²) in [6.45, 7) is 6.46. The monoisotopic (exact) mass is 879 g/mol. The Morgan fingerprint density at radius 2 is 0.619 bits per heavy atom. The van der Waals surface area contributed by atoms with Gasteiger partial charge in [-0.15, -0.1) is 0 Å². The van der Waals surface area contributed by atoms with Crippen LogP contribution in [0.4, 0.5) is 0 Å². The van der Waals surface area contributed by atoms with Crippen molar-refractivity contribution in [1.29, 1.82) is 0 Å². The topological polar surface area (TPSA) is 78.9 Å². The molecule has 0 saturated heterocycles. The van der Waals surface area contributed by atoms with E-state index in [0.717, 1.165) is 135 Å². The molecule has 0 heterocycles. The number of unbranched alkanes of at least 4 members (excludes halogenated alkanes) is 24. The first kappa shape index (κ1) is 59.9. The van der Waals surface area contributed by atoms with E-state index in [0.29, 0.717) is 19.3 Å². The molecule has 0 N–H and O–H groups in total. The lowest BCUT2D eigenvalue weighted by Crippen LogP contribution is -2.30. The fourth-order valence-electron chi connectivity index (χ4n) is 7.19. The van der Waals surface area contributed by atoms with Gasteiger partial charge in [-0.2, -0.15) is 0 Å². The molecule has 0 saturated carbocycles. The summed E-state index contributed by atoms with van der Waals surface area (Å²) < 4.78 is 16.8. The van der Waals surface area contributed by atoms with Crippen molar-refractivity contribution >= 4 is 17.9 Å². The van der Waals surface area contributed by atoms with Crippen LogP contribution in [0, 0.1) is 0 Å². The van der Waals surface area contributed by atoms with Crippen LogP contribution in [-0.2, 0) is 28.6 Å². The second-order valence-corrected chi connectivity index (χ2v) is 17.4. The van der Waals surface area contributed by atoms with Gasteiger partial charge in [0.1, 0.15) is 13.2 Å². The Morgan fingerprint density at radius 1 is 0.333 bits per heavy atom. The summed E-state index contributed by atoms with van der Waals surface area (Å²) in [4.78, 5) is 38.0. The predicted octanol–water partition coefficient (Wildman–Crippen LogP) is 17.4. The quantitative estimate of drug-likeness (QED) is 0.0262. The lowest BCUT2D eigenvalue weighted by atomic mass is 10.1. The van der Waals surface area contributed by atoms with E-state index in [4.69, 9.17) is 14.2 Å². The largest absolute Gasteiger partial charge is 0.462 e. The van der Waals surface area contributed by atoms with Crippen LogP contribution in [-0.4, -0.2) is 37.2 Å². The Balaban J connectivity index is 4.45. The number of allylic oxidation sites excluding steroid dienone is 12. The number of hydrogen-bond acceptors (Lipinski definition) is 6. The molecule has 6 nitrogen and oxygen atoms in total. The van der Waals surface area contributed by atoms with E-state index in [1.54, 1.807) is 0 Å². The van der Waals surface area contributed by atoms with Crippen LogP contribution < -0.4 is 0 Å². The molecule has 0 aliphatic heterocycles. The van der Waals surface area contributed by atoms with Crippen molar-refractivity contribution in [3.63, 3.8) is 0 Å².